The van der Waals surface area contributed by atoms with E-state index in [1.807, 2.05) is 4.90 Å². The van der Waals surface area contributed by atoms with Gasteiger partial charge in [-0.15, -0.1) is 10.2 Å². The van der Waals surface area contributed by atoms with E-state index in [9.17, 15) is 4.79 Å². The number of hydrogen-bond acceptors (Lipinski definition) is 4. The van der Waals surface area contributed by atoms with E-state index in [1.54, 1.807) is 11.3 Å². The van der Waals surface area contributed by atoms with Crippen molar-refractivity contribution in [1.29, 1.82) is 0 Å². The van der Waals surface area contributed by atoms with Gasteiger partial charge in [0, 0.05) is 24.9 Å². The number of amides is 1. The third-order valence-electron chi connectivity index (χ3n) is 5.11. The summed E-state index contributed by atoms with van der Waals surface area (Å²) in [5.74, 6) is 3.67. The lowest BCUT2D eigenvalue weighted by Crippen LogP contribution is -2.39. The summed E-state index contributed by atoms with van der Waals surface area (Å²) in [7, 11) is 0. The van der Waals surface area contributed by atoms with Crippen LogP contribution in [-0.4, -0.2) is 32.1 Å². The van der Waals surface area contributed by atoms with Gasteiger partial charge in [-0.2, -0.15) is 11.3 Å². The van der Waals surface area contributed by atoms with E-state index in [0.29, 0.717) is 24.3 Å². The second-order valence-electron chi connectivity index (χ2n) is 6.67. The van der Waals surface area contributed by atoms with Crippen LogP contribution in [0.4, 0.5) is 0 Å². The molecule has 6 heteroatoms. The predicted octanol–water partition coefficient (Wildman–Crippen LogP) is 2.36. The number of fused-ring (bicyclic) bond motifs is 1. The first-order valence-electron chi connectivity index (χ1n) is 8.04. The van der Waals surface area contributed by atoms with E-state index < -0.39 is 0 Å². The molecule has 0 unspecified atom stereocenters. The fourth-order valence-corrected chi connectivity index (χ4v) is 4.29. The summed E-state index contributed by atoms with van der Waals surface area (Å²) in [5, 5.41) is 12.9. The summed E-state index contributed by atoms with van der Waals surface area (Å²) < 4.78 is 2.24. The van der Waals surface area contributed by atoms with Crippen LogP contribution in [0.25, 0.3) is 0 Å². The van der Waals surface area contributed by atoms with Gasteiger partial charge in [0.05, 0.1) is 6.54 Å². The molecule has 5 nitrogen and oxygen atoms in total. The highest BCUT2D eigenvalue weighted by atomic mass is 32.1. The van der Waals surface area contributed by atoms with Crippen molar-refractivity contribution in [2.45, 2.75) is 44.2 Å². The zero-order valence-corrected chi connectivity index (χ0v) is 13.1. The molecule has 5 rings (SSSR count). The predicted molar refractivity (Wildman–Crippen MR) is 82.6 cm³/mol. The highest BCUT2D eigenvalue weighted by Gasteiger charge is 2.46. The maximum atomic E-state index is 12.7. The minimum atomic E-state index is 0.187. The van der Waals surface area contributed by atoms with Crippen molar-refractivity contribution in [3.8, 4) is 0 Å². The first-order chi connectivity index (χ1) is 10.8. The lowest BCUT2D eigenvalue weighted by atomic mass is 10.1. The summed E-state index contributed by atoms with van der Waals surface area (Å²) in [6.45, 7) is 2.29. The fraction of sp³-hybridized carbons (Fsp3) is 0.562. The van der Waals surface area contributed by atoms with Gasteiger partial charge in [-0.3, -0.25) is 4.79 Å². The van der Waals surface area contributed by atoms with Gasteiger partial charge in [0.25, 0.3) is 0 Å². The molecule has 0 radical (unpaired) electrons. The number of nitrogens with zero attached hydrogens (tertiary/aromatic N) is 4. The zero-order chi connectivity index (χ0) is 14.7. The minimum absolute atomic E-state index is 0.187. The van der Waals surface area contributed by atoms with Gasteiger partial charge < -0.3 is 9.47 Å². The molecule has 2 aromatic rings. The number of hydrogen-bond donors (Lipinski definition) is 0. The van der Waals surface area contributed by atoms with Crippen LogP contribution in [0.15, 0.2) is 16.8 Å². The van der Waals surface area contributed by atoms with Crippen LogP contribution in [0.1, 0.15) is 48.3 Å². The molecule has 0 bridgehead atoms. The number of carbonyl (C=O) groups excluding carboxylic acids is 1. The van der Waals surface area contributed by atoms with Gasteiger partial charge in [0.2, 0.25) is 5.91 Å². The Labute approximate surface area is 133 Å². The van der Waals surface area contributed by atoms with Crippen molar-refractivity contribution >= 4 is 17.2 Å². The molecule has 3 aliphatic rings. The van der Waals surface area contributed by atoms with Crippen LogP contribution < -0.4 is 0 Å². The molecular weight excluding hydrogens is 296 g/mol. The molecule has 1 amide bonds. The largest absolute Gasteiger partial charge is 0.333 e. The molecule has 0 N–H and O–H groups in total. The Balaban J connectivity index is 1.30. The average Bonchev–Trinajstić information content (AvgIpc) is 3.45. The van der Waals surface area contributed by atoms with Gasteiger partial charge in [0.1, 0.15) is 5.82 Å². The zero-order valence-electron chi connectivity index (χ0n) is 12.3. The Kier molecular flexibility index (Phi) is 2.71. The van der Waals surface area contributed by atoms with E-state index in [1.165, 1.54) is 18.4 Å². The first kappa shape index (κ1) is 12.8. The van der Waals surface area contributed by atoms with E-state index in [-0.39, 0.29) is 5.92 Å². The maximum absolute atomic E-state index is 12.7. The van der Waals surface area contributed by atoms with Crippen LogP contribution >= 0.6 is 11.3 Å². The maximum Gasteiger partial charge on any atom is 0.226 e. The molecule has 2 fully saturated rings. The molecule has 2 aliphatic carbocycles. The molecule has 3 heterocycles. The highest BCUT2D eigenvalue weighted by molar-refractivity contribution is 7.08. The standard InChI is InChI=1S/C16H18N4OS/c21-16(13-7-12(13)11-3-6-22-9-11)19-4-5-20-14(8-19)17-18-15(20)10-1-2-10/h3,6,9-10,12-13H,1-2,4-5,7-8H2/t12-,13+/m0/s1. The molecular formula is C16H18N4OS. The van der Waals surface area contributed by atoms with Crippen molar-refractivity contribution in [2.24, 2.45) is 5.92 Å². The molecule has 22 heavy (non-hydrogen) atoms. The van der Waals surface area contributed by atoms with Crippen molar-refractivity contribution in [2.75, 3.05) is 6.54 Å². The quantitative estimate of drug-likeness (QED) is 0.874. The van der Waals surface area contributed by atoms with Crippen LogP contribution in [0, 0.1) is 5.92 Å². The molecule has 0 spiro atoms. The second kappa shape index (κ2) is 4.65. The Morgan fingerprint density at radius 1 is 1.27 bits per heavy atom. The summed E-state index contributed by atoms with van der Waals surface area (Å²) in [6, 6.07) is 2.15. The molecule has 114 valence electrons. The molecule has 2 saturated carbocycles. The van der Waals surface area contributed by atoms with E-state index in [0.717, 1.165) is 31.2 Å². The number of aromatic nitrogens is 3. The summed E-state index contributed by atoms with van der Waals surface area (Å²) in [6.07, 6.45) is 3.49. The number of rotatable bonds is 3. The fourth-order valence-electron chi connectivity index (χ4n) is 3.57. The van der Waals surface area contributed by atoms with Gasteiger partial charge in [-0.05, 0) is 47.6 Å². The van der Waals surface area contributed by atoms with Crippen LogP contribution in [-0.2, 0) is 17.9 Å². The van der Waals surface area contributed by atoms with E-state index in [4.69, 9.17) is 0 Å². The van der Waals surface area contributed by atoms with Crippen molar-refractivity contribution in [1.82, 2.24) is 19.7 Å². The Morgan fingerprint density at radius 2 is 2.18 bits per heavy atom. The van der Waals surface area contributed by atoms with Gasteiger partial charge >= 0.3 is 0 Å². The smallest absolute Gasteiger partial charge is 0.226 e. The van der Waals surface area contributed by atoms with Crippen molar-refractivity contribution < 1.29 is 4.79 Å². The number of thiophene rings is 1. The highest BCUT2D eigenvalue weighted by Crippen LogP contribution is 2.49. The molecule has 2 atom stereocenters. The van der Waals surface area contributed by atoms with Crippen LogP contribution in [0.5, 0.6) is 0 Å². The third kappa shape index (κ3) is 2.00. The minimum Gasteiger partial charge on any atom is -0.333 e. The summed E-state index contributed by atoms with van der Waals surface area (Å²) in [5.41, 5.74) is 1.33. The Hall–Kier alpha value is -1.69. The lowest BCUT2D eigenvalue weighted by Gasteiger charge is -2.28. The first-order valence-corrected chi connectivity index (χ1v) is 8.98. The molecule has 0 aromatic carbocycles. The van der Waals surface area contributed by atoms with Crippen LogP contribution in [0.2, 0.25) is 0 Å². The van der Waals surface area contributed by atoms with Crippen molar-refractivity contribution in [3.05, 3.63) is 34.0 Å². The SMILES string of the molecule is O=C([C@@H]1C[C@H]1c1ccsc1)N1CCn2c(nnc2C2CC2)C1. The van der Waals surface area contributed by atoms with Gasteiger partial charge in [-0.25, -0.2) is 0 Å². The van der Waals surface area contributed by atoms with E-state index >= 15 is 0 Å². The Bertz CT molecular complexity index is 719. The van der Waals surface area contributed by atoms with Gasteiger partial charge in [0.15, 0.2) is 5.82 Å². The summed E-state index contributed by atoms with van der Waals surface area (Å²) >= 11 is 1.71. The van der Waals surface area contributed by atoms with Crippen LogP contribution in [0.3, 0.4) is 0 Å². The van der Waals surface area contributed by atoms with E-state index in [2.05, 4.69) is 31.6 Å². The Morgan fingerprint density at radius 3 is 2.95 bits per heavy atom. The molecule has 0 saturated heterocycles. The number of carbonyl (C=O) groups is 1. The topological polar surface area (TPSA) is 51.0 Å². The lowest BCUT2D eigenvalue weighted by molar-refractivity contribution is -0.134. The molecule has 2 aromatic heterocycles. The third-order valence-corrected chi connectivity index (χ3v) is 5.82. The average molecular weight is 314 g/mol. The monoisotopic (exact) mass is 314 g/mol. The second-order valence-corrected chi connectivity index (χ2v) is 7.45. The molecule has 1 aliphatic heterocycles. The van der Waals surface area contributed by atoms with Crippen molar-refractivity contribution in [3.63, 3.8) is 0 Å². The van der Waals surface area contributed by atoms with Gasteiger partial charge in [-0.1, -0.05) is 0 Å². The normalized spacial score (nSPS) is 26.8. The summed E-state index contributed by atoms with van der Waals surface area (Å²) in [4.78, 5) is 14.7.